The average molecular weight is 222 g/mol. The molecule has 1 aromatic rings. The molecule has 0 unspecified atom stereocenters. The van der Waals surface area contributed by atoms with E-state index in [1.54, 1.807) is 0 Å². The van der Waals surface area contributed by atoms with Gasteiger partial charge in [-0.25, -0.2) is 0 Å². The Labute approximate surface area is 97.0 Å². The third-order valence-electron chi connectivity index (χ3n) is 2.31. The van der Waals surface area contributed by atoms with Crippen LogP contribution in [0, 0.1) is 19.3 Å². The van der Waals surface area contributed by atoms with Crippen molar-refractivity contribution in [2.75, 3.05) is 13.6 Å². The van der Waals surface area contributed by atoms with Gasteiger partial charge in [-0.3, -0.25) is 0 Å². The number of aryl methyl sites for hydroxylation is 1. The maximum Gasteiger partial charge on any atom is 0.0435 e. The van der Waals surface area contributed by atoms with Crippen molar-refractivity contribution < 1.29 is 0 Å². The van der Waals surface area contributed by atoms with Crippen molar-refractivity contribution in [3.05, 3.63) is 34.3 Å². The fourth-order valence-electron chi connectivity index (χ4n) is 1.45. The summed E-state index contributed by atoms with van der Waals surface area (Å²) in [6, 6.07) is 6.12. The van der Waals surface area contributed by atoms with Crippen LogP contribution in [0.5, 0.6) is 0 Å². The number of hydrogen-bond acceptors (Lipinski definition) is 1. The van der Waals surface area contributed by atoms with Crippen molar-refractivity contribution >= 4 is 11.6 Å². The van der Waals surface area contributed by atoms with Gasteiger partial charge in [-0.1, -0.05) is 23.7 Å². The summed E-state index contributed by atoms with van der Waals surface area (Å²) in [5.41, 5.74) is 2.40. The van der Waals surface area contributed by atoms with Gasteiger partial charge in [0.15, 0.2) is 0 Å². The van der Waals surface area contributed by atoms with E-state index < -0.39 is 0 Å². The Morgan fingerprint density at radius 3 is 2.80 bits per heavy atom. The molecule has 0 aliphatic carbocycles. The molecule has 0 aliphatic rings. The predicted octanol–water partition coefficient (Wildman–Crippen LogP) is 3.10. The molecule has 2 heteroatoms. The van der Waals surface area contributed by atoms with Crippen molar-refractivity contribution in [2.45, 2.75) is 19.9 Å². The third kappa shape index (κ3) is 3.95. The molecule has 0 radical (unpaired) electrons. The Balaban J connectivity index is 2.57. The van der Waals surface area contributed by atoms with E-state index in [1.807, 2.05) is 13.0 Å². The van der Waals surface area contributed by atoms with E-state index >= 15 is 0 Å². The third-order valence-corrected chi connectivity index (χ3v) is 2.74. The summed E-state index contributed by atoms with van der Waals surface area (Å²) in [6.07, 6.45) is 6.01. The van der Waals surface area contributed by atoms with E-state index in [-0.39, 0.29) is 0 Å². The highest BCUT2D eigenvalue weighted by Crippen LogP contribution is 2.17. The summed E-state index contributed by atoms with van der Waals surface area (Å²) in [5, 5.41) is 0.824. The summed E-state index contributed by atoms with van der Waals surface area (Å²) >= 11 is 5.96. The molecule has 1 rings (SSSR count). The maximum absolute atomic E-state index is 5.96. The van der Waals surface area contributed by atoms with Crippen molar-refractivity contribution in [2.24, 2.45) is 0 Å². The van der Waals surface area contributed by atoms with E-state index in [9.17, 15) is 0 Å². The Hall–Kier alpha value is -0.970. The van der Waals surface area contributed by atoms with E-state index in [2.05, 4.69) is 30.0 Å². The summed E-state index contributed by atoms with van der Waals surface area (Å²) in [4.78, 5) is 2.21. The molecule has 15 heavy (non-hydrogen) atoms. The van der Waals surface area contributed by atoms with Crippen LogP contribution in [0.4, 0.5) is 0 Å². The average Bonchev–Trinajstić information content (AvgIpc) is 2.20. The normalized spacial score (nSPS) is 10.3. The zero-order valence-corrected chi connectivity index (χ0v) is 10.0. The van der Waals surface area contributed by atoms with Gasteiger partial charge in [0, 0.05) is 24.5 Å². The molecular formula is C13H16ClN. The minimum atomic E-state index is 0.795. The van der Waals surface area contributed by atoms with Crippen LogP contribution in [-0.2, 0) is 6.54 Å². The van der Waals surface area contributed by atoms with Crippen LogP contribution in [-0.4, -0.2) is 18.5 Å². The van der Waals surface area contributed by atoms with E-state index in [1.165, 1.54) is 5.56 Å². The number of terminal acetylenes is 1. The smallest absolute Gasteiger partial charge is 0.0435 e. The first-order valence-electron chi connectivity index (χ1n) is 5.00. The van der Waals surface area contributed by atoms with Gasteiger partial charge in [0.2, 0.25) is 0 Å². The van der Waals surface area contributed by atoms with Crippen molar-refractivity contribution in [3.63, 3.8) is 0 Å². The van der Waals surface area contributed by atoms with E-state index in [4.69, 9.17) is 18.0 Å². The minimum Gasteiger partial charge on any atom is -0.301 e. The molecule has 0 spiro atoms. The lowest BCUT2D eigenvalue weighted by atomic mass is 10.1. The molecule has 1 aromatic carbocycles. The van der Waals surface area contributed by atoms with Gasteiger partial charge in [-0.15, -0.1) is 12.3 Å². The summed E-state index contributed by atoms with van der Waals surface area (Å²) in [5.74, 6) is 2.64. The SMILES string of the molecule is C#CCCN(C)Cc1ccc(Cl)c(C)c1. The highest BCUT2D eigenvalue weighted by Gasteiger charge is 2.01. The van der Waals surface area contributed by atoms with Crippen LogP contribution in [0.2, 0.25) is 5.02 Å². The Morgan fingerprint density at radius 1 is 1.47 bits per heavy atom. The number of benzene rings is 1. The molecule has 0 N–H and O–H groups in total. The minimum absolute atomic E-state index is 0.795. The lowest BCUT2D eigenvalue weighted by Crippen LogP contribution is -2.18. The van der Waals surface area contributed by atoms with Crippen LogP contribution < -0.4 is 0 Å². The van der Waals surface area contributed by atoms with Gasteiger partial charge in [-0.05, 0) is 31.2 Å². The Bertz CT molecular complexity index is 365. The quantitative estimate of drug-likeness (QED) is 0.707. The maximum atomic E-state index is 5.96. The zero-order chi connectivity index (χ0) is 11.3. The number of rotatable bonds is 4. The monoisotopic (exact) mass is 221 g/mol. The zero-order valence-electron chi connectivity index (χ0n) is 9.26. The Morgan fingerprint density at radius 2 is 2.20 bits per heavy atom. The molecule has 0 fully saturated rings. The van der Waals surface area contributed by atoms with E-state index in [0.717, 1.165) is 30.1 Å². The largest absolute Gasteiger partial charge is 0.301 e. The molecule has 0 saturated carbocycles. The molecule has 0 saturated heterocycles. The van der Waals surface area contributed by atoms with Crippen LogP contribution in [0.25, 0.3) is 0 Å². The van der Waals surface area contributed by atoms with Gasteiger partial charge in [-0.2, -0.15) is 0 Å². The first-order chi connectivity index (χ1) is 7.13. The topological polar surface area (TPSA) is 3.24 Å². The standard InChI is InChI=1S/C13H16ClN/c1-4-5-8-15(3)10-12-6-7-13(14)11(2)9-12/h1,6-7,9H,5,8,10H2,2-3H3. The first-order valence-corrected chi connectivity index (χ1v) is 5.38. The van der Waals surface area contributed by atoms with Gasteiger partial charge < -0.3 is 4.90 Å². The van der Waals surface area contributed by atoms with E-state index in [0.29, 0.717) is 0 Å². The predicted molar refractivity (Wildman–Crippen MR) is 66.0 cm³/mol. The second-order valence-electron chi connectivity index (χ2n) is 3.78. The van der Waals surface area contributed by atoms with Crippen LogP contribution in [0.3, 0.4) is 0 Å². The fraction of sp³-hybridized carbons (Fsp3) is 0.385. The van der Waals surface area contributed by atoms with Crippen LogP contribution in [0.1, 0.15) is 17.5 Å². The second-order valence-corrected chi connectivity index (χ2v) is 4.18. The number of nitrogens with zero attached hydrogens (tertiary/aromatic N) is 1. The molecule has 1 nitrogen and oxygen atoms in total. The molecule has 0 heterocycles. The summed E-state index contributed by atoms with van der Waals surface area (Å²) < 4.78 is 0. The molecule has 0 aromatic heterocycles. The van der Waals surface area contributed by atoms with Gasteiger partial charge >= 0.3 is 0 Å². The molecule has 80 valence electrons. The summed E-state index contributed by atoms with van der Waals surface area (Å²) in [7, 11) is 2.07. The van der Waals surface area contributed by atoms with Crippen LogP contribution in [0.15, 0.2) is 18.2 Å². The van der Waals surface area contributed by atoms with Crippen molar-refractivity contribution in [3.8, 4) is 12.3 Å². The molecule has 0 aliphatic heterocycles. The van der Waals surface area contributed by atoms with Crippen molar-refractivity contribution in [1.82, 2.24) is 4.90 Å². The fourth-order valence-corrected chi connectivity index (χ4v) is 1.57. The van der Waals surface area contributed by atoms with Gasteiger partial charge in [0.05, 0.1) is 0 Å². The molecule has 0 atom stereocenters. The lowest BCUT2D eigenvalue weighted by Gasteiger charge is -2.15. The van der Waals surface area contributed by atoms with Crippen LogP contribution >= 0.6 is 11.6 Å². The number of halogens is 1. The molecular weight excluding hydrogens is 206 g/mol. The Kier molecular flexibility index (Phi) is 4.68. The van der Waals surface area contributed by atoms with Gasteiger partial charge in [0.25, 0.3) is 0 Å². The highest BCUT2D eigenvalue weighted by atomic mass is 35.5. The first kappa shape index (κ1) is 12.1. The highest BCUT2D eigenvalue weighted by molar-refractivity contribution is 6.31. The summed E-state index contributed by atoms with van der Waals surface area (Å²) in [6.45, 7) is 3.87. The second kappa shape index (κ2) is 5.80. The van der Waals surface area contributed by atoms with Crippen molar-refractivity contribution in [1.29, 1.82) is 0 Å². The van der Waals surface area contributed by atoms with Gasteiger partial charge in [0.1, 0.15) is 0 Å². The molecule has 0 bridgehead atoms. The lowest BCUT2D eigenvalue weighted by molar-refractivity contribution is 0.335. The number of hydrogen-bond donors (Lipinski definition) is 0. The molecule has 0 amide bonds.